The summed E-state index contributed by atoms with van der Waals surface area (Å²) < 4.78 is 0. The molecule has 1 heteroatoms. The van der Waals surface area contributed by atoms with Gasteiger partial charge < -0.3 is 5.73 Å². The highest BCUT2D eigenvalue weighted by Gasteiger charge is 2.52. The lowest BCUT2D eigenvalue weighted by atomic mass is 9.69. The van der Waals surface area contributed by atoms with Crippen LogP contribution in [-0.4, -0.2) is 0 Å². The van der Waals surface area contributed by atoms with Gasteiger partial charge in [0.15, 0.2) is 0 Å². The van der Waals surface area contributed by atoms with Gasteiger partial charge in [-0.25, -0.2) is 0 Å². The molecule has 0 heterocycles. The average molecular weight is 333 g/mol. The summed E-state index contributed by atoms with van der Waals surface area (Å²) in [6.07, 6.45) is 6.94. The molecule has 0 radical (unpaired) electrons. The Morgan fingerprint density at radius 1 is 0.731 bits per heavy atom. The van der Waals surface area contributed by atoms with E-state index in [1.807, 2.05) is 6.07 Å². The number of benzene rings is 3. The Morgan fingerprint density at radius 2 is 1.42 bits per heavy atom. The van der Waals surface area contributed by atoms with Crippen LogP contribution in [0.3, 0.4) is 0 Å². The van der Waals surface area contributed by atoms with E-state index in [9.17, 15) is 0 Å². The van der Waals surface area contributed by atoms with Crippen molar-refractivity contribution in [3.8, 4) is 11.1 Å². The molecule has 1 nitrogen and oxygen atoms in total. The van der Waals surface area contributed by atoms with E-state index in [1.165, 1.54) is 44.5 Å². The molecule has 1 spiro atoms. The Kier molecular flexibility index (Phi) is 2.59. The van der Waals surface area contributed by atoms with Gasteiger partial charge in [-0.15, -0.1) is 0 Å². The zero-order chi connectivity index (χ0) is 17.3. The van der Waals surface area contributed by atoms with Gasteiger partial charge in [0.2, 0.25) is 0 Å². The molecule has 1 unspecified atom stereocenters. The highest BCUT2D eigenvalue weighted by Crippen LogP contribution is 2.63. The predicted molar refractivity (Wildman–Crippen MR) is 108 cm³/mol. The Morgan fingerprint density at radius 3 is 2.27 bits per heavy atom. The maximum Gasteiger partial charge on any atom is 0.0722 e. The molecule has 0 amide bonds. The third-order valence-corrected chi connectivity index (χ3v) is 6.33. The van der Waals surface area contributed by atoms with E-state index >= 15 is 0 Å². The van der Waals surface area contributed by atoms with Crippen molar-refractivity contribution in [3.05, 3.63) is 107 Å². The van der Waals surface area contributed by atoms with Crippen molar-refractivity contribution in [3.63, 3.8) is 0 Å². The van der Waals surface area contributed by atoms with Crippen LogP contribution in [0.25, 0.3) is 16.7 Å². The molecule has 0 saturated heterocycles. The first-order chi connectivity index (χ1) is 12.8. The normalized spacial score (nSPS) is 21.5. The lowest BCUT2D eigenvalue weighted by Gasteiger charge is -2.32. The van der Waals surface area contributed by atoms with Crippen molar-refractivity contribution < 1.29 is 0 Å². The number of hydrogen-bond donors (Lipinski definition) is 1. The molecule has 3 aliphatic carbocycles. The summed E-state index contributed by atoms with van der Waals surface area (Å²) in [6.45, 7) is 0. The topological polar surface area (TPSA) is 26.0 Å². The summed E-state index contributed by atoms with van der Waals surface area (Å²) in [5.41, 5.74) is 18.1. The van der Waals surface area contributed by atoms with Crippen molar-refractivity contribution >= 4 is 11.3 Å². The molecule has 1 atom stereocenters. The number of anilines is 1. The van der Waals surface area contributed by atoms with Gasteiger partial charge >= 0.3 is 0 Å². The number of rotatable bonds is 0. The minimum atomic E-state index is -0.218. The Balaban J connectivity index is 1.85. The first-order valence-corrected chi connectivity index (χ1v) is 9.32. The van der Waals surface area contributed by atoms with Gasteiger partial charge in [0.05, 0.1) is 5.41 Å². The summed E-state index contributed by atoms with van der Waals surface area (Å²) in [5, 5.41) is 0. The fraction of sp³-hybridized carbons (Fsp3) is 0.120. The summed E-state index contributed by atoms with van der Waals surface area (Å²) in [6, 6.07) is 24.2. The fourth-order valence-electron chi connectivity index (χ4n) is 5.45. The molecule has 2 N–H and O–H groups in total. The minimum absolute atomic E-state index is 0.218. The first kappa shape index (κ1) is 14.1. The molecule has 124 valence electrons. The quantitative estimate of drug-likeness (QED) is 0.525. The van der Waals surface area contributed by atoms with Crippen LogP contribution in [-0.2, 0) is 5.41 Å². The molecule has 0 fully saturated rings. The number of hydrogen-bond acceptors (Lipinski definition) is 1. The summed E-state index contributed by atoms with van der Waals surface area (Å²) >= 11 is 0. The van der Waals surface area contributed by atoms with Gasteiger partial charge in [-0.05, 0) is 57.9 Å². The van der Waals surface area contributed by atoms with E-state index in [2.05, 4.69) is 72.8 Å². The molecule has 3 aromatic carbocycles. The third kappa shape index (κ3) is 1.44. The van der Waals surface area contributed by atoms with Crippen LogP contribution in [0.15, 0.2) is 84.5 Å². The van der Waals surface area contributed by atoms with Crippen molar-refractivity contribution in [1.29, 1.82) is 0 Å². The molecule has 0 aliphatic heterocycles. The molecule has 0 bridgehead atoms. The maximum atomic E-state index is 6.49. The number of nitrogens with two attached hydrogens (primary N) is 1. The van der Waals surface area contributed by atoms with E-state index in [-0.39, 0.29) is 5.41 Å². The lowest BCUT2D eigenvalue weighted by Crippen LogP contribution is -2.27. The summed E-state index contributed by atoms with van der Waals surface area (Å²) in [5.74, 6) is 0. The molecule has 3 aliphatic rings. The zero-order valence-corrected chi connectivity index (χ0v) is 14.5. The Labute approximate surface area is 153 Å². The van der Waals surface area contributed by atoms with E-state index in [1.54, 1.807) is 0 Å². The van der Waals surface area contributed by atoms with Crippen LogP contribution in [0.2, 0.25) is 0 Å². The van der Waals surface area contributed by atoms with Crippen LogP contribution in [0, 0.1) is 0 Å². The van der Waals surface area contributed by atoms with Crippen LogP contribution in [0.4, 0.5) is 5.69 Å². The minimum Gasteiger partial charge on any atom is -0.398 e. The van der Waals surface area contributed by atoms with E-state index < -0.39 is 0 Å². The predicted octanol–water partition coefficient (Wildman–Crippen LogP) is 5.70. The molecule has 6 rings (SSSR count). The van der Waals surface area contributed by atoms with Gasteiger partial charge in [-0.3, -0.25) is 0 Å². The highest BCUT2D eigenvalue weighted by atomic mass is 14.6. The second-order valence-electron chi connectivity index (χ2n) is 7.44. The second kappa shape index (κ2) is 4.76. The van der Waals surface area contributed by atoms with E-state index in [0.717, 1.165) is 18.5 Å². The molecule has 0 aromatic heterocycles. The van der Waals surface area contributed by atoms with Gasteiger partial charge in [0, 0.05) is 11.3 Å². The first-order valence-electron chi connectivity index (χ1n) is 9.32. The number of nitrogen functional groups attached to an aromatic ring is 1. The molecular formula is C25H19N. The Hall–Kier alpha value is -3.06. The van der Waals surface area contributed by atoms with Crippen LogP contribution in [0.1, 0.15) is 35.1 Å². The SMILES string of the molecule is Nc1cccc2c1-c1ccccc1C21C2=C(CCC=C2)c2ccccc21. The number of fused-ring (bicyclic) bond motifs is 9. The lowest BCUT2D eigenvalue weighted by molar-refractivity contribution is 0.780. The largest absolute Gasteiger partial charge is 0.398 e. The van der Waals surface area contributed by atoms with Gasteiger partial charge in [-0.2, -0.15) is 0 Å². The molecule has 26 heavy (non-hydrogen) atoms. The summed E-state index contributed by atoms with van der Waals surface area (Å²) in [7, 11) is 0. The van der Waals surface area contributed by atoms with E-state index in [0.29, 0.717) is 0 Å². The second-order valence-corrected chi connectivity index (χ2v) is 7.44. The van der Waals surface area contributed by atoms with Crippen molar-refractivity contribution in [2.24, 2.45) is 0 Å². The van der Waals surface area contributed by atoms with Gasteiger partial charge in [-0.1, -0.05) is 72.8 Å². The van der Waals surface area contributed by atoms with Crippen molar-refractivity contribution in [2.45, 2.75) is 18.3 Å². The summed E-state index contributed by atoms with van der Waals surface area (Å²) in [4.78, 5) is 0. The van der Waals surface area contributed by atoms with Gasteiger partial charge in [0.25, 0.3) is 0 Å². The van der Waals surface area contributed by atoms with Gasteiger partial charge in [0.1, 0.15) is 0 Å². The maximum absolute atomic E-state index is 6.49. The smallest absolute Gasteiger partial charge is 0.0722 e. The Bertz CT molecular complexity index is 1150. The standard InChI is InChI=1S/C25H19N/c26-23-15-7-14-22-24(23)18-10-3-6-13-21(18)25(22)19-11-4-1-8-16(19)17-9-2-5-12-20(17)25/h1,3-8,10-15H,2,9,26H2. The fourth-order valence-corrected chi connectivity index (χ4v) is 5.45. The van der Waals surface area contributed by atoms with Crippen LogP contribution < -0.4 is 5.73 Å². The number of allylic oxidation sites excluding steroid dienone is 4. The molecular weight excluding hydrogens is 314 g/mol. The van der Waals surface area contributed by atoms with Crippen molar-refractivity contribution in [1.82, 2.24) is 0 Å². The van der Waals surface area contributed by atoms with Crippen LogP contribution >= 0.6 is 0 Å². The monoisotopic (exact) mass is 333 g/mol. The molecule has 3 aromatic rings. The van der Waals surface area contributed by atoms with Crippen LogP contribution in [0.5, 0.6) is 0 Å². The molecule has 0 saturated carbocycles. The van der Waals surface area contributed by atoms with E-state index in [4.69, 9.17) is 5.73 Å². The van der Waals surface area contributed by atoms with Crippen molar-refractivity contribution in [2.75, 3.05) is 5.73 Å². The highest BCUT2D eigenvalue weighted by molar-refractivity contribution is 5.98. The zero-order valence-electron chi connectivity index (χ0n) is 14.5. The third-order valence-electron chi connectivity index (χ3n) is 6.33. The average Bonchev–Trinajstić information content (AvgIpc) is 3.16.